The normalized spacial score (nSPS) is 12.6. The molecule has 0 amide bonds. The predicted molar refractivity (Wildman–Crippen MR) is 53.4 cm³/mol. The van der Waals surface area contributed by atoms with E-state index in [0.29, 0.717) is 0 Å². The Morgan fingerprint density at radius 1 is 1.62 bits per heavy atom. The molecule has 2 heteroatoms. The highest BCUT2D eigenvalue weighted by Crippen LogP contribution is 2.09. The number of oxazole rings is 1. The van der Waals surface area contributed by atoms with Gasteiger partial charge in [-0.3, -0.25) is 0 Å². The van der Waals surface area contributed by atoms with E-state index in [9.17, 15) is 0 Å². The Morgan fingerprint density at radius 2 is 2.46 bits per heavy atom. The molecule has 0 aliphatic carbocycles. The standard InChI is InChI=1S/C11H15NO/c1-3-5-6-10(4-2)9-11-12-7-8-13-11/h3,5-8H,4,9H2,1-2H3/b5-3-,10-6+. The van der Waals surface area contributed by atoms with E-state index in [1.807, 2.05) is 19.1 Å². The summed E-state index contributed by atoms with van der Waals surface area (Å²) in [6.07, 6.45) is 11.3. The first-order valence-electron chi connectivity index (χ1n) is 4.56. The van der Waals surface area contributed by atoms with Gasteiger partial charge in [-0.15, -0.1) is 0 Å². The van der Waals surface area contributed by atoms with Crippen LogP contribution in [-0.4, -0.2) is 4.98 Å². The third-order valence-electron chi connectivity index (χ3n) is 1.84. The Morgan fingerprint density at radius 3 is 3.00 bits per heavy atom. The maximum absolute atomic E-state index is 5.17. The van der Waals surface area contributed by atoms with Crippen LogP contribution in [0.15, 0.2) is 40.7 Å². The van der Waals surface area contributed by atoms with E-state index >= 15 is 0 Å². The van der Waals surface area contributed by atoms with Crippen molar-refractivity contribution in [3.05, 3.63) is 42.2 Å². The van der Waals surface area contributed by atoms with Crippen molar-refractivity contribution in [1.29, 1.82) is 0 Å². The molecule has 1 aromatic heterocycles. The molecule has 0 saturated carbocycles. The second kappa shape index (κ2) is 5.36. The number of rotatable bonds is 4. The molecule has 0 unspecified atom stereocenters. The third-order valence-corrected chi connectivity index (χ3v) is 1.84. The highest BCUT2D eigenvalue weighted by molar-refractivity contribution is 5.14. The molecule has 13 heavy (non-hydrogen) atoms. The Balaban J connectivity index is 2.59. The quantitative estimate of drug-likeness (QED) is 0.660. The minimum atomic E-state index is 0.789. The molecule has 0 saturated heterocycles. The molecule has 0 bridgehead atoms. The summed E-state index contributed by atoms with van der Waals surface area (Å²) in [7, 11) is 0. The molecule has 0 radical (unpaired) electrons. The molecule has 0 N–H and O–H groups in total. The average molecular weight is 177 g/mol. The van der Waals surface area contributed by atoms with Gasteiger partial charge < -0.3 is 4.42 Å². The molecule has 1 rings (SSSR count). The molecule has 0 aliphatic rings. The van der Waals surface area contributed by atoms with Crippen LogP contribution in [0.2, 0.25) is 0 Å². The molecule has 0 fully saturated rings. The van der Waals surface area contributed by atoms with E-state index in [2.05, 4.69) is 18.0 Å². The molecule has 0 aliphatic heterocycles. The Labute approximate surface area is 79.0 Å². The fourth-order valence-electron chi connectivity index (χ4n) is 1.07. The highest BCUT2D eigenvalue weighted by atomic mass is 16.3. The molecular formula is C11H15NO. The largest absolute Gasteiger partial charge is 0.449 e. The maximum Gasteiger partial charge on any atom is 0.198 e. The molecule has 0 atom stereocenters. The van der Waals surface area contributed by atoms with Gasteiger partial charge in [0.2, 0.25) is 0 Å². The summed E-state index contributed by atoms with van der Waals surface area (Å²) in [5.41, 5.74) is 1.33. The van der Waals surface area contributed by atoms with Crippen LogP contribution in [0.4, 0.5) is 0 Å². The molecular weight excluding hydrogens is 162 g/mol. The topological polar surface area (TPSA) is 26.0 Å². The molecule has 1 heterocycles. The van der Waals surface area contributed by atoms with Gasteiger partial charge in [-0.05, 0) is 13.3 Å². The number of hydrogen-bond donors (Lipinski definition) is 0. The van der Waals surface area contributed by atoms with Gasteiger partial charge in [-0.2, -0.15) is 0 Å². The van der Waals surface area contributed by atoms with Crippen LogP contribution in [0.1, 0.15) is 26.2 Å². The van der Waals surface area contributed by atoms with Crippen LogP contribution < -0.4 is 0 Å². The van der Waals surface area contributed by atoms with E-state index in [-0.39, 0.29) is 0 Å². The van der Waals surface area contributed by atoms with Gasteiger partial charge in [0.15, 0.2) is 5.89 Å². The lowest BCUT2D eigenvalue weighted by atomic mass is 10.1. The number of allylic oxidation sites excluding steroid dienone is 4. The predicted octanol–water partition coefficient (Wildman–Crippen LogP) is 3.13. The van der Waals surface area contributed by atoms with Gasteiger partial charge in [0, 0.05) is 6.42 Å². The average Bonchev–Trinajstić information content (AvgIpc) is 2.64. The van der Waals surface area contributed by atoms with Crippen molar-refractivity contribution in [1.82, 2.24) is 4.98 Å². The Hall–Kier alpha value is -1.31. The van der Waals surface area contributed by atoms with Crippen LogP contribution in [0, 0.1) is 0 Å². The molecule has 1 aromatic rings. The van der Waals surface area contributed by atoms with Crippen molar-refractivity contribution < 1.29 is 4.42 Å². The van der Waals surface area contributed by atoms with Crippen molar-refractivity contribution >= 4 is 0 Å². The number of nitrogens with zero attached hydrogens (tertiary/aromatic N) is 1. The van der Waals surface area contributed by atoms with Gasteiger partial charge in [-0.25, -0.2) is 4.98 Å². The van der Waals surface area contributed by atoms with Crippen LogP contribution in [0.25, 0.3) is 0 Å². The Kier molecular flexibility index (Phi) is 4.03. The summed E-state index contributed by atoms with van der Waals surface area (Å²) < 4.78 is 5.17. The smallest absolute Gasteiger partial charge is 0.198 e. The van der Waals surface area contributed by atoms with E-state index in [1.165, 1.54) is 5.57 Å². The Bertz CT molecular complexity index is 283. The lowest BCUT2D eigenvalue weighted by Gasteiger charge is -1.98. The van der Waals surface area contributed by atoms with E-state index in [0.717, 1.165) is 18.7 Å². The first kappa shape index (κ1) is 9.78. The molecule has 70 valence electrons. The maximum atomic E-state index is 5.17. The number of hydrogen-bond acceptors (Lipinski definition) is 2. The van der Waals surface area contributed by atoms with Gasteiger partial charge in [-0.1, -0.05) is 30.7 Å². The third kappa shape index (κ3) is 3.28. The molecule has 2 nitrogen and oxygen atoms in total. The highest BCUT2D eigenvalue weighted by Gasteiger charge is 1.99. The summed E-state index contributed by atoms with van der Waals surface area (Å²) in [5, 5.41) is 0. The summed E-state index contributed by atoms with van der Waals surface area (Å²) in [5.74, 6) is 0.789. The van der Waals surface area contributed by atoms with E-state index < -0.39 is 0 Å². The summed E-state index contributed by atoms with van der Waals surface area (Å²) in [6, 6.07) is 0. The van der Waals surface area contributed by atoms with E-state index in [1.54, 1.807) is 12.5 Å². The zero-order valence-corrected chi connectivity index (χ0v) is 8.16. The van der Waals surface area contributed by atoms with Gasteiger partial charge >= 0.3 is 0 Å². The van der Waals surface area contributed by atoms with Gasteiger partial charge in [0.25, 0.3) is 0 Å². The lowest BCUT2D eigenvalue weighted by Crippen LogP contribution is -1.88. The summed E-state index contributed by atoms with van der Waals surface area (Å²) in [6.45, 7) is 4.15. The minimum Gasteiger partial charge on any atom is -0.449 e. The second-order valence-corrected chi connectivity index (χ2v) is 2.81. The van der Waals surface area contributed by atoms with Crippen molar-refractivity contribution in [2.75, 3.05) is 0 Å². The van der Waals surface area contributed by atoms with Gasteiger partial charge in [0.05, 0.1) is 6.20 Å². The van der Waals surface area contributed by atoms with Crippen LogP contribution >= 0.6 is 0 Å². The summed E-state index contributed by atoms with van der Waals surface area (Å²) >= 11 is 0. The van der Waals surface area contributed by atoms with Crippen LogP contribution in [-0.2, 0) is 6.42 Å². The van der Waals surface area contributed by atoms with Crippen LogP contribution in [0.3, 0.4) is 0 Å². The fourth-order valence-corrected chi connectivity index (χ4v) is 1.07. The molecule has 0 spiro atoms. The second-order valence-electron chi connectivity index (χ2n) is 2.81. The zero-order valence-electron chi connectivity index (χ0n) is 8.16. The lowest BCUT2D eigenvalue weighted by molar-refractivity contribution is 0.504. The van der Waals surface area contributed by atoms with Crippen molar-refractivity contribution in [2.24, 2.45) is 0 Å². The van der Waals surface area contributed by atoms with Gasteiger partial charge in [0.1, 0.15) is 6.26 Å². The SMILES string of the molecule is C/C=C\C=C(/CC)Cc1ncco1. The van der Waals surface area contributed by atoms with E-state index in [4.69, 9.17) is 4.42 Å². The van der Waals surface area contributed by atoms with Crippen molar-refractivity contribution in [3.8, 4) is 0 Å². The first-order chi connectivity index (χ1) is 6.36. The molecule has 0 aromatic carbocycles. The van der Waals surface area contributed by atoms with Crippen LogP contribution in [0.5, 0.6) is 0 Å². The number of aromatic nitrogens is 1. The summed E-state index contributed by atoms with van der Waals surface area (Å²) in [4.78, 5) is 4.08. The zero-order chi connectivity index (χ0) is 9.52. The van der Waals surface area contributed by atoms with Crippen molar-refractivity contribution in [3.63, 3.8) is 0 Å². The van der Waals surface area contributed by atoms with Crippen molar-refractivity contribution in [2.45, 2.75) is 26.7 Å². The first-order valence-corrected chi connectivity index (χ1v) is 4.56. The minimum absolute atomic E-state index is 0.789. The fraction of sp³-hybridized carbons (Fsp3) is 0.364. The monoisotopic (exact) mass is 177 g/mol.